The number of fused-ring (bicyclic) bond motifs is 1. The van der Waals surface area contributed by atoms with Gasteiger partial charge in [0.2, 0.25) is 0 Å². The molecule has 126 valence electrons. The number of amides is 1. The Hall–Kier alpha value is -2.97. The Morgan fingerprint density at radius 2 is 2.08 bits per heavy atom. The van der Waals surface area contributed by atoms with Crippen LogP contribution in [0.25, 0.3) is 10.1 Å². The first-order chi connectivity index (χ1) is 12.0. The van der Waals surface area contributed by atoms with Crippen LogP contribution < -0.4 is 5.43 Å². The second kappa shape index (κ2) is 6.88. The van der Waals surface area contributed by atoms with Crippen molar-refractivity contribution >= 4 is 50.8 Å². The summed E-state index contributed by atoms with van der Waals surface area (Å²) in [5, 5.41) is 25.3. The molecule has 2 N–H and O–H groups in total. The van der Waals surface area contributed by atoms with E-state index in [1.807, 2.05) is 24.3 Å². The number of nitro benzene ring substituents is 1. The number of nitro groups is 1. The fraction of sp³-hybridized carbons (Fsp3) is 0. The van der Waals surface area contributed by atoms with E-state index >= 15 is 0 Å². The average Bonchev–Trinajstić information content (AvgIpc) is 2.93. The van der Waals surface area contributed by atoms with Crippen LogP contribution in [0.5, 0.6) is 5.75 Å². The van der Waals surface area contributed by atoms with E-state index in [0.29, 0.717) is 9.90 Å². The molecule has 0 aliphatic carbocycles. The van der Waals surface area contributed by atoms with Crippen LogP contribution in [0.2, 0.25) is 5.02 Å². The molecule has 9 heteroatoms. The van der Waals surface area contributed by atoms with E-state index in [1.54, 1.807) is 0 Å². The second-order valence-electron chi connectivity index (χ2n) is 4.94. The fourth-order valence-electron chi connectivity index (χ4n) is 2.13. The molecule has 0 bridgehead atoms. The van der Waals surface area contributed by atoms with Crippen molar-refractivity contribution in [2.45, 2.75) is 0 Å². The van der Waals surface area contributed by atoms with Crippen molar-refractivity contribution in [3.63, 3.8) is 0 Å². The second-order valence-corrected chi connectivity index (χ2v) is 6.37. The monoisotopic (exact) mass is 375 g/mol. The van der Waals surface area contributed by atoms with Gasteiger partial charge in [0.15, 0.2) is 0 Å². The number of non-ortho nitro benzene ring substituents is 1. The van der Waals surface area contributed by atoms with Crippen LogP contribution >= 0.6 is 22.9 Å². The third-order valence-corrected chi connectivity index (χ3v) is 5.01. The Morgan fingerprint density at radius 1 is 1.32 bits per heavy atom. The molecule has 0 atom stereocenters. The molecule has 1 amide bonds. The number of carbonyl (C=O) groups is 1. The van der Waals surface area contributed by atoms with Crippen LogP contribution in [-0.2, 0) is 0 Å². The normalized spacial score (nSPS) is 11.1. The number of hydrazone groups is 1. The van der Waals surface area contributed by atoms with Gasteiger partial charge in [-0.2, -0.15) is 5.10 Å². The molecule has 25 heavy (non-hydrogen) atoms. The zero-order valence-electron chi connectivity index (χ0n) is 12.5. The highest BCUT2D eigenvalue weighted by atomic mass is 35.5. The summed E-state index contributed by atoms with van der Waals surface area (Å²) >= 11 is 7.44. The molecule has 1 aromatic heterocycles. The third-order valence-electron chi connectivity index (χ3n) is 3.33. The average molecular weight is 376 g/mol. The molecular formula is C16H10ClN3O4S. The molecule has 0 aliphatic rings. The lowest BCUT2D eigenvalue weighted by molar-refractivity contribution is -0.384. The van der Waals surface area contributed by atoms with Crippen LogP contribution in [0.1, 0.15) is 15.2 Å². The summed E-state index contributed by atoms with van der Waals surface area (Å²) < 4.78 is 0.873. The lowest BCUT2D eigenvalue weighted by Crippen LogP contribution is -2.16. The van der Waals surface area contributed by atoms with Gasteiger partial charge in [-0.3, -0.25) is 14.9 Å². The topological polar surface area (TPSA) is 105 Å². The number of nitrogens with zero attached hydrogens (tertiary/aromatic N) is 2. The van der Waals surface area contributed by atoms with Gasteiger partial charge < -0.3 is 5.11 Å². The highest BCUT2D eigenvalue weighted by molar-refractivity contribution is 7.21. The number of benzene rings is 2. The number of halogens is 1. The first kappa shape index (κ1) is 16.9. The lowest BCUT2D eigenvalue weighted by Gasteiger charge is -2.00. The SMILES string of the molecule is O=C(N/N=C/c1cc([N+](=O)[O-])ccc1O)c1sc2ccccc2c1Cl. The number of phenols is 1. The molecule has 0 aliphatic heterocycles. The van der Waals surface area contributed by atoms with Crippen LogP contribution in [0.3, 0.4) is 0 Å². The van der Waals surface area contributed by atoms with Gasteiger partial charge in [0.05, 0.1) is 16.2 Å². The summed E-state index contributed by atoms with van der Waals surface area (Å²) in [5.74, 6) is -0.698. The summed E-state index contributed by atoms with van der Waals surface area (Å²) in [4.78, 5) is 22.7. The highest BCUT2D eigenvalue weighted by Crippen LogP contribution is 2.34. The zero-order valence-corrected chi connectivity index (χ0v) is 14.0. The Bertz CT molecular complexity index is 1020. The van der Waals surface area contributed by atoms with Gasteiger partial charge >= 0.3 is 0 Å². The van der Waals surface area contributed by atoms with Gasteiger partial charge in [-0.05, 0) is 12.1 Å². The molecule has 0 saturated heterocycles. The zero-order chi connectivity index (χ0) is 18.0. The van der Waals surface area contributed by atoms with Crippen molar-refractivity contribution in [2.24, 2.45) is 5.10 Å². The molecule has 1 heterocycles. The number of carbonyl (C=O) groups excluding carboxylic acids is 1. The molecule has 3 rings (SSSR count). The first-order valence-corrected chi connectivity index (χ1v) is 8.14. The van der Waals surface area contributed by atoms with Crippen molar-refractivity contribution in [1.29, 1.82) is 0 Å². The highest BCUT2D eigenvalue weighted by Gasteiger charge is 2.16. The number of nitrogens with one attached hydrogen (secondary N) is 1. The van der Waals surface area contributed by atoms with E-state index in [1.165, 1.54) is 23.5 Å². The van der Waals surface area contributed by atoms with Crippen LogP contribution in [0.4, 0.5) is 5.69 Å². The molecule has 3 aromatic rings. The molecule has 7 nitrogen and oxygen atoms in total. The number of hydrogen-bond donors (Lipinski definition) is 2. The number of phenolic OH excluding ortho intramolecular Hbond substituents is 1. The Morgan fingerprint density at radius 3 is 2.80 bits per heavy atom. The number of thiophene rings is 1. The fourth-order valence-corrected chi connectivity index (χ4v) is 3.54. The van der Waals surface area contributed by atoms with Crippen molar-refractivity contribution < 1.29 is 14.8 Å². The Balaban J connectivity index is 1.80. The van der Waals surface area contributed by atoms with Crippen molar-refractivity contribution in [3.05, 3.63) is 68.0 Å². The minimum Gasteiger partial charge on any atom is -0.507 e. The van der Waals surface area contributed by atoms with Crippen molar-refractivity contribution in [1.82, 2.24) is 5.43 Å². The van der Waals surface area contributed by atoms with Crippen LogP contribution in [0, 0.1) is 10.1 Å². The van der Waals surface area contributed by atoms with E-state index in [2.05, 4.69) is 10.5 Å². The molecule has 0 saturated carbocycles. The largest absolute Gasteiger partial charge is 0.507 e. The van der Waals surface area contributed by atoms with Gasteiger partial charge in [0.25, 0.3) is 11.6 Å². The van der Waals surface area contributed by atoms with Gasteiger partial charge in [0, 0.05) is 27.8 Å². The quantitative estimate of drug-likeness (QED) is 0.409. The summed E-state index contributed by atoms with van der Waals surface area (Å²) in [6.45, 7) is 0. The maximum atomic E-state index is 12.2. The number of hydrogen-bond acceptors (Lipinski definition) is 6. The van der Waals surface area contributed by atoms with Crippen LogP contribution in [0.15, 0.2) is 47.6 Å². The van der Waals surface area contributed by atoms with E-state index in [4.69, 9.17) is 11.6 Å². The van der Waals surface area contributed by atoms with Crippen molar-refractivity contribution in [3.8, 4) is 5.75 Å². The maximum absolute atomic E-state index is 12.2. The summed E-state index contributed by atoms with van der Waals surface area (Å²) in [5.41, 5.74) is 2.21. The maximum Gasteiger partial charge on any atom is 0.283 e. The summed E-state index contributed by atoms with van der Waals surface area (Å²) in [6.07, 6.45) is 1.13. The standard InChI is InChI=1S/C16H10ClN3O4S/c17-14-11-3-1-2-4-13(11)25-15(14)16(22)19-18-8-9-7-10(20(23)24)5-6-12(9)21/h1-8,21H,(H,19,22)/b18-8+. The number of rotatable bonds is 4. The summed E-state index contributed by atoms with van der Waals surface area (Å²) in [6, 6.07) is 10.8. The smallest absolute Gasteiger partial charge is 0.283 e. The first-order valence-electron chi connectivity index (χ1n) is 6.95. The van der Waals surface area contributed by atoms with E-state index in [0.717, 1.165) is 22.4 Å². The van der Waals surface area contributed by atoms with Gasteiger partial charge in [-0.25, -0.2) is 5.43 Å². The number of aromatic hydroxyl groups is 1. The molecule has 0 spiro atoms. The van der Waals surface area contributed by atoms with E-state index < -0.39 is 10.8 Å². The van der Waals surface area contributed by atoms with Gasteiger partial charge in [0.1, 0.15) is 10.6 Å². The molecule has 2 aromatic carbocycles. The lowest BCUT2D eigenvalue weighted by atomic mass is 10.2. The molecule has 0 radical (unpaired) electrons. The minimum absolute atomic E-state index is 0.108. The van der Waals surface area contributed by atoms with E-state index in [9.17, 15) is 20.0 Å². The third kappa shape index (κ3) is 3.44. The minimum atomic E-state index is -0.591. The predicted molar refractivity (Wildman–Crippen MR) is 96.7 cm³/mol. The van der Waals surface area contributed by atoms with E-state index in [-0.39, 0.29) is 17.0 Å². The Kier molecular flexibility index (Phi) is 4.64. The molecular weight excluding hydrogens is 366 g/mol. The van der Waals surface area contributed by atoms with Gasteiger partial charge in [-0.1, -0.05) is 29.8 Å². The Labute approximate surface area is 150 Å². The predicted octanol–water partition coefficient (Wildman–Crippen LogP) is 3.93. The van der Waals surface area contributed by atoms with Crippen LogP contribution in [-0.4, -0.2) is 22.2 Å². The summed E-state index contributed by atoms with van der Waals surface area (Å²) in [7, 11) is 0. The van der Waals surface area contributed by atoms with Crippen molar-refractivity contribution in [2.75, 3.05) is 0 Å². The molecule has 0 unspecified atom stereocenters. The van der Waals surface area contributed by atoms with Gasteiger partial charge in [-0.15, -0.1) is 11.3 Å². The molecule has 0 fully saturated rings.